The third-order valence-corrected chi connectivity index (χ3v) is 11.3. The van der Waals surface area contributed by atoms with Crippen LogP contribution in [0.3, 0.4) is 0 Å². The van der Waals surface area contributed by atoms with Crippen molar-refractivity contribution < 1.29 is 13.2 Å². The Hall–Kier alpha value is -7.36. The smallest absolute Gasteiger partial charge is 0.308 e. The summed E-state index contributed by atoms with van der Waals surface area (Å²) in [6.07, 6.45) is -4.53. The Morgan fingerprint density at radius 3 is 1.31 bits per heavy atom. The van der Waals surface area contributed by atoms with E-state index in [0.29, 0.717) is 28.1 Å². The zero-order valence-corrected chi connectivity index (χ0v) is 31.6. The van der Waals surface area contributed by atoms with E-state index in [9.17, 15) is 18.4 Å². The minimum Gasteiger partial charge on any atom is -0.308 e. The molecule has 0 bridgehead atoms. The van der Waals surface area contributed by atoms with Gasteiger partial charge in [0.2, 0.25) is 0 Å². The predicted molar refractivity (Wildman–Crippen MR) is 231 cm³/mol. The molecule has 58 heavy (non-hydrogen) atoms. The molecule has 3 nitrogen and oxygen atoms in total. The molecule has 0 aliphatic rings. The van der Waals surface area contributed by atoms with Crippen molar-refractivity contribution in [2.75, 3.05) is 0 Å². The average molecular weight is 758 g/mol. The van der Waals surface area contributed by atoms with Gasteiger partial charge < -0.3 is 9.13 Å². The van der Waals surface area contributed by atoms with Crippen LogP contribution in [0.5, 0.6) is 0 Å². The monoisotopic (exact) mass is 757 g/mol. The van der Waals surface area contributed by atoms with Crippen LogP contribution in [-0.2, 0) is 6.18 Å². The molecule has 2 aromatic heterocycles. The van der Waals surface area contributed by atoms with Crippen LogP contribution in [0.15, 0.2) is 170 Å². The van der Waals surface area contributed by atoms with Gasteiger partial charge in [0, 0.05) is 21.5 Å². The lowest BCUT2D eigenvalue weighted by molar-refractivity contribution is -0.137. The molecule has 10 aromatic rings. The second-order valence-corrected chi connectivity index (χ2v) is 15.0. The number of nitriles is 1. The van der Waals surface area contributed by atoms with Crippen LogP contribution in [0.4, 0.5) is 13.2 Å². The first-order chi connectivity index (χ1) is 28.2. The second kappa shape index (κ2) is 13.4. The number of benzene rings is 8. The minimum atomic E-state index is -4.53. The molecule has 0 aliphatic carbocycles. The largest absolute Gasteiger partial charge is 0.416 e. The molecule has 0 saturated heterocycles. The standard InChI is InChI=1S/C52H34F3N3/c1-32-10-7-12-34(24-32)37-20-22-48-43(27-37)41-16-3-5-18-46(41)57(48)50-29-39(36-14-9-15-40(26-36)52(53,54)55)30-51(45(50)31-56)58-47-19-6-4-17-42(47)44-28-38(21-23-49(44)58)35-13-8-11-33(2)25-35/h3-30H,1-2H3. The van der Waals surface area contributed by atoms with E-state index in [1.54, 1.807) is 6.07 Å². The number of aromatic nitrogens is 2. The lowest BCUT2D eigenvalue weighted by Gasteiger charge is -2.19. The Morgan fingerprint density at radius 1 is 0.414 bits per heavy atom. The van der Waals surface area contributed by atoms with Gasteiger partial charge in [-0.2, -0.15) is 18.4 Å². The van der Waals surface area contributed by atoms with Gasteiger partial charge in [0.1, 0.15) is 11.6 Å². The quantitative estimate of drug-likeness (QED) is 0.172. The van der Waals surface area contributed by atoms with Gasteiger partial charge in [0.25, 0.3) is 0 Å². The number of para-hydroxylation sites is 2. The van der Waals surface area contributed by atoms with E-state index < -0.39 is 11.7 Å². The highest BCUT2D eigenvalue weighted by molar-refractivity contribution is 6.12. The summed E-state index contributed by atoms with van der Waals surface area (Å²) >= 11 is 0. The molecule has 2 heterocycles. The molecule has 6 heteroatoms. The third-order valence-electron chi connectivity index (χ3n) is 11.3. The van der Waals surface area contributed by atoms with Crippen molar-refractivity contribution >= 4 is 43.6 Å². The van der Waals surface area contributed by atoms with Gasteiger partial charge >= 0.3 is 6.18 Å². The highest BCUT2D eigenvalue weighted by Crippen LogP contribution is 2.42. The van der Waals surface area contributed by atoms with Gasteiger partial charge in [-0.25, -0.2) is 0 Å². The van der Waals surface area contributed by atoms with Crippen LogP contribution in [-0.4, -0.2) is 9.13 Å². The van der Waals surface area contributed by atoms with Crippen LogP contribution in [0.2, 0.25) is 0 Å². The van der Waals surface area contributed by atoms with Gasteiger partial charge in [-0.15, -0.1) is 0 Å². The van der Waals surface area contributed by atoms with Crippen LogP contribution in [0.1, 0.15) is 22.3 Å². The fourth-order valence-electron chi connectivity index (χ4n) is 8.59. The lowest BCUT2D eigenvalue weighted by Crippen LogP contribution is -2.06. The van der Waals surface area contributed by atoms with Crippen LogP contribution in [0, 0.1) is 25.2 Å². The first kappa shape index (κ1) is 35.1. The highest BCUT2D eigenvalue weighted by Gasteiger charge is 2.31. The Labute approximate surface area is 333 Å². The summed E-state index contributed by atoms with van der Waals surface area (Å²) < 4.78 is 46.8. The molecule has 0 spiro atoms. The van der Waals surface area contributed by atoms with Crippen LogP contribution < -0.4 is 0 Å². The van der Waals surface area contributed by atoms with Crippen molar-refractivity contribution in [2.45, 2.75) is 20.0 Å². The molecule has 0 unspecified atom stereocenters. The number of aryl methyl sites for hydroxylation is 2. The Balaban J connectivity index is 1.30. The SMILES string of the molecule is Cc1cccc(-c2ccc3c(c2)c2ccccc2n3-c2cc(-c3cccc(C(F)(F)F)c3)cc(-n3c4ccccc4c4cc(-c5cccc(C)c5)ccc43)c2C#N)c1. The third kappa shape index (κ3) is 5.74. The zero-order valence-electron chi connectivity index (χ0n) is 31.6. The molecule has 0 radical (unpaired) electrons. The molecular formula is C52H34F3N3. The first-order valence-corrected chi connectivity index (χ1v) is 19.1. The van der Waals surface area contributed by atoms with Crippen molar-refractivity contribution in [1.29, 1.82) is 5.26 Å². The maximum absolute atomic E-state index is 14.2. The molecule has 0 amide bonds. The van der Waals surface area contributed by atoms with Gasteiger partial charge in [-0.3, -0.25) is 0 Å². The van der Waals surface area contributed by atoms with E-state index in [1.165, 1.54) is 12.1 Å². The van der Waals surface area contributed by atoms with Crippen molar-refractivity contribution in [1.82, 2.24) is 9.13 Å². The van der Waals surface area contributed by atoms with Gasteiger partial charge in [-0.1, -0.05) is 120 Å². The summed E-state index contributed by atoms with van der Waals surface area (Å²) in [6.45, 7) is 4.15. The van der Waals surface area contributed by atoms with E-state index >= 15 is 0 Å². The number of hydrogen-bond donors (Lipinski definition) is 0. The molecule has 0 aliphatic heterocycles. The van der Waals surface area contributed by atoms with Gasteiger partial charge in [0.15, 0.2) is 0 Å². The highest BCUT2D eigenvalue weighted by atomic mass is 19.4. The fourth-order valence-corrected chi connectivity index (χ4v) is 8.59. The van der Waals surface area contributed by atoms with Crippen molar-refractivity contribution in [3.05, 3.63) is 192 Å². The Kier molecular flexibility index (Phi) is 8.10. The molecular weight excluding hydrogens is 724 g/mol. The van der Waals surface area contributed by atoms with Crippen molar-refractivity contribution in [2.24, 2.45) is 0 Å². The molecule has 0 atom stereocenters. The first-order valence-electron chi connectivity index (χ1n) is 19.1. The average Bonchev–Trinajstić information content (AvgIpc) is 3.75. The number of fused-ring (bicyclic) bond motifs is 6. The summed E-state index contributed by atoms with van der Waals surface area (Å²) in [5, 5.41) is 15.3. The zero-order chi connectivity index (χ0) is 39.7. The predicted octanol–water partition coefficient (Wildman–Crippen LogP) is 14.4. The molecule has 0 saturated carbocycles. The summed E-state index contributed by atoms with van der Waals surface area (Å²) in [5.74, 6) is 0. The summed E-state index contributed by atoms with van der Waals surface area (Å²) in [7, 11) is 0. The van der Waals surface area contributed by atoms with Gasteiger partial charge in [0.05, 0.1) is 39.0 Å². The normalized spacial score (nSPS) is 11.9. The summed E-state index contributed by atoms with van der Waals surface area (Å²) in [4.78, 5) is 0. The molecule has 278 valence electrons. The maximum Gasteiger partial charge on any atom is 0.416 e. The van der Waals surface area contributed by atoms with Crippen LogP contribution >= 0.6 is 0 Å². The number of rotatable bonds is 5. The van der Waals surface area contributed by atoms with E-state index in [1.807, 2.05) is 48.5 Å². The summed E-state index contributed by atoms with van der Waals surface area (Å²) in [5.41, 5.74) is 11.9. The van der Waals surface area contributed by atoms with E-state index in [0.717, 1.165) is 83.1 Å². The fraction of sp³-hybridized carbons (Fsp3) is 0.0577. The van der Waals surface area contributed by atoms with E-state index in [2.05, 4.69) is 126 Å². The lowest BCUT2D eigenvalue weighted by atomic mass is 9.98. The number of hydrogen-bond acceptors (Lipinski definition) is 1. The summed E-state index contributed by atoms with van der Waals surface area (Å²) in [6, 6.07) is 57.4. The van der Waals surface area contributed by atoms with Crippen LogP contribution in [0.25, 0.3) is 88.4 Å². The van der Waals surface area contributed by atoms with Crippen molar-refractivity contribution in [3.8, 4) is 50.8 Å². The van der Waals surface area contributed by atoms with E-state index in [-0.39, 0.29) is 0 Å². The number of nitrogens with zero attached hydrogens (tertiary/aromatic N) is 3. The van der Waals surface area contributed by atoms with Gasteiger partial charge in [-0.05, 0) is 108 Å². The Morgan fingerprint density at radius 2 is 0.845 bits per heavy atom. The topological polar surface area (TPSA) is 33.6 Å². The number of halogens is 3. The second-order valence-electron chi connectivity index (χ2n) is 15.0. The van der Waals surface area contributed by atoms with E-state index in [4.69, 9.17) is 0 Å². The molecule has 0 N–H and O–H groups in total. The van der Waals surface area contributed by atoms with Crippen molar-refractivity contribution in [3.63, 3.8) is 0 Å². The molecule has 8 aromatic carbocycles. The molecule has 0 fully saturated rings. The maximum atomic E-state index is 14.2. The minimum absolute atomic E-state index is 0.395. The number of alkyl halides is 3. The molecule has 10 rings (SSSR count). The Bertz CT molecular complexity index is 3140.